The van der Waals surface area contributed by atoms with Crippen LogP contribution in [0, 0.1) is 0 Å². The van der Waals surface area contributed by atoms with Gasteiger partial charge in [-0.2, -0.15) is 0 Å². The van der Waals surface area contributed by atoms with Crippen LogP contribution in [0.25, 0.3) is 6.08 Å². The zero-order chi connectivity index (χ0) is 17.5. The van der Waals surface area contributed by atoms with Crippen LogP contribution in [0.1, 0.15) is 22.8 Å². The molecule has 0 spiro atoms. The number of amides is 1. The average molecular weight is 325 g/mol. The van der Waals surface area contributed by atoms with Gasteiger partial charge in [0.25, 0.3) is 0 Å². The first-order valence-electron chi connectivity index (χ1n) is 7.35. The third kappa shape index (κ3) is 4.46. The molecule has 0 fully saturated rings. The van der Waals surface area contributed by atoms with Crippen molar-refractivity contribution in [1.82, 2.24) is 0 Å². The van der Waals surface area contributed by atoms with Crippen molar-refractivity contribution in [1.29, 1.82) is 0 Å². The summed E-state index contributed by atoms with van der Waals surface area (Å²) in [4.78, 5) is 23.2. The minimum absolute atomic E-state index is 0.0128. The maximum absolute atomic E-state index is 12.0. The van der Waals surface area contributed by atoms with Crippen LogP contribution in [0.5, 0.6) is 11.5 Å². The molecule has 0 radical (unpaired) electrons. The number of methoxy groups -OCH3 is 2. The smallest absolute Gasteiger partial charge is 0.248 e. The van der Waals surface area contributed by atoms with E-state index in [1.165, 1.54) is 13.0 Å². The molecule has 0 atom stereocenters. The minimum Gasteiger partial charge on any atom is -0.493 e. The fraction of sp³-hybridized carbons (Fsp3) is 0.158. The standard InChI is InChI=1S/C19H19NO4/c1-13(21)15-6-8-16(9-7-15)20-19(22)11-5-14-4-10-17(23-2)18(12-14)24-3/h4-12H,1-3H3,(H,20,22)/b11-5-. The zero-order valence-corrected chi connectivity index (χ0v) is 13.8. The molecule has 0 aliphatic rings. The molecule has 0 heterocycles. The SMILES string of the molecule is COc1ccc(/C=C\C(=O)Nc2ccc(C(C)=O)cc2)cc1OC. The third-order valence-corrected chi connectivity index (χ3v) is 3.39. The number of benzene rings is 2. The Morgan fingerprint density at radius 1 is 0.958 bits per heavy atom. The van der Waals surface area contributed by atoms with Gasteiger partial charge >= 0.3 is 0 Å². The zero-order valence-electron chi connectivity index (χ0n) is 13.8. The molecule has 0 saturated carbocycles. The van der Waals surface area contributed by atoms with Gasteiger partial charge in [-0.25, -0.2) is 0 Å². The molecule has 124 valence electrons. The lowest BCUT2D eigenvalue weighted by molar-refractivity contribution is -0.111. The van der Waals surface area contributed by atoms with Crippen LogP contribution in [-0.4, -0.2) is 25.9 Å². The second kappa shape index (κ2) is 7.97. The Morgan fingerprint density at radius 2 is 1.62 bits per heavy atom. The highest BCUT2D eigenvalue weighted by Gasteiger charge is 2.04. The second-order valence-corrected chi connectivity index (χ2v) is 5.07. The van der Waals surface area contributed by atoms with Gasteiger partial charge < -0.3 is 14.8 Å². The van der Waals surface area contributed by atoms with Crippen LogP contribution < -0.4 is 14.8 Å². The van der Waals surface area contributed by atoms with Crippen molar-refractivity contribution in [2.45, 2.75) is 6.92 Å². The Labute approximate surface area is 140 Å². The van der Waals surface area contributed by atoms with E-state index in [-0.39, 0.29) is 11.7 Å². The predicted molar refractivity (Wildman–Crippen MR) is 93.7 cm³/mol. The van der Waals surface area contributed by atoms with Crippen molar-refractivity contribution in [2.75, 3.05) is 19.5 Å². The minimum atomic E-state index is -0.264. The summed E-state index contributed by atoms with van der Waals surface area (Å²) in [6.45, 7) is 1.50. The number of ketones is 1. The van der Waals surface area contributed by atoms with Crippen LogP contribution in [-0.2, 0) is 4.79 Å². The van der Waals surface area contributed by atoms with Crippen LogP contribution >= 0.6 is 0 Å². The van der Waals surface area contributed by atoms with Crippen molar-refractivity contribution >= 4 is 23.5 Å². The molecule has 0 aliphatic heterocycles. The van der Waals surface area contributed by atoms with E-state index >= 15 is 0 Å². The molecule has 1 N–H and O–H groups in total. The second-order valence-electron chi connectivity index (χ2n) is 5.07. The highest BCUT2D eigenvalue weighted by atomic mass is 16.5. The molecule has 0 bridgehead atoms. The predicted octanol–water partition coefficient (Wildman–Crippen LogP) is 3.56. The van der Waals surface area contributed by atoms with Gasteiger partial charge in [-0.05, 0) is 55.0 Å². The number of nitrogens with one attached hydrogen (secondary N) is 1. The first-order valence-corrected chi connectivity index (χ1v) is 7.35. The van der Waals surface area contributed by atoms with E-state index in [2.05, 4.69) is 5.32 Å². The molecule has 24 heavy (non-hydrogen) atoms. The number of ether oxygens (including phenoxy) is 2. The molecular formula is C19H19NO4. The van der Waals surface area contributed by atoms with Crippen molar-refractivity contribution < 1.29 is 19.1 Å². The molecule has 2 rings (SSSR count). The number of hydrogen-bond acceptors (Lipinski definition) is 4. The molecule has 0 aliphatic carbocycles. The number of carbonyl (C=O) groups excluding carboxylic acids is 2. The fourth-order valence-corrected chi connectivity index (χ4v) is 2.10. The van der Waals surface area contributed by atoms with E-state index < -0.39 is 0 Å². The lowest BCUT2D eigenvalue weighted by atomic mass is 10.1. The van der Waals surface area contributed by atoms with Gasteiger partial charge in [-0.15, -0.1) is 0 Å². The number of rotatable bonds is 6. The van der Waals surface area contributed by atoms with Crippen molar-refractivity contribution in [3.63, 3.8) is 0 Å². The van der Waals surface area contributed by atoms with Crippen molar-refractivity contribution in [3.05, 3.63) is 59.7 Å². The van der Waals surface area contributed by atoms with E-state index in [0.29, 0.717) is 22.7 Å². The largest absolute Gasteiger partial charge is 0.493 e. The molecule has 0 aromatic heterocycles. The number of anilines is 1. The van der Waals surface area contributed by atoms with Crippen LogP contribution in [0.2, 0.25) is 0 Å². The lowest BCUT2D eigenvalue weighted by Crippen LogP contribution is -2.07. The Morgan fingerprint density at radius 3 is 2.21 bits per heavy atom. The van der Waals surface area contributed by atoms with Crippen molar-refractivity contribution in [2.24, 2.45) is 0 Å². The lowest BCUT2D eigenvalue weighted by Gasteiger charge is -2.07. The molecular weight excluding hydrogens is 306 g/mol. The summed E-state index contributed by atoms with van der Waals surface area (Å²) in [6, 6.07) is 12.1. The van der Waals surface area contributed by atoms with Gasteiger partial charge in [-0.3, -0.25) is 9.59 Å². The third-order valence-electron chi connectivity index (χ3n) is 3.39. The Bertz CT molecular complexity index is 763. The maximum Gasteiger partial charge on any atom is 0.248 e. The first kappa shape index (κ1) is 17.3. The van der Waals surface area contributed by atoms with E-state index in [0.717, 1.165) is 5.56 Å². The van der Waals surface area contributed by atoms with E-state index in [1.807, 2.05) is 6.07 Å². The molecule has 2 aromatic carbocycles. The summed E-state index contributed by atoms with van der Waals surface area (Å²) in [5, 5.41) is 2.74. The summed E-state index contributed by atoms with van der Waals surface area (Å²) in [5.74, 6) is 0.950. The van der Waals surface area contributed by atoms with Gasteiger partial charge in [0.1, 0.15) is 0 Å². The van der Waals surface area contributed by atoms with Crippen LogP contribution in [0.15, 0.2) is 48.5 Å². The molecule has 2 aromatic rings. The maximum atomic E-state index is 12.0. The highest BCUT2D eigenvalue weighted by Crippen LogP contribution is 2.27. The Kier molecular flexibility index (Phi) is 5.73. The van der Waals surface area contributed by atoms with Gasteiger partial charge in [0.15, 0.2) is 17.3 Å². The van der Waals surface area contributed by atoms with Gasteiger partial charge in [-0.1, -0.05) is 6.07 Å². The monoisotopic (exact) mass is 325 g/mol. The average Bonchev–Trinajstić information content (AvgIpc) is 2.60. The topological polar surface area (TPSA) is 64.6 Å². The van der Waals surface area contributed by atoms with Gasteiger partial charge in [0, 0.05) is 17.3 Å². The molecule has 0 unspecified atom stereocenters. The normalized spacial score (nSPS) is 10.5. The number of hydrogen-bond donors (Lipinski definition) is 1. The summed E-state index contributed by atoms with van der Waals surface area (Å²) in [7, 11) is 3.13. The summed E-state index contributed by atoms with van der Waals surface area (Å²) in [5.41, 5.74) is 2.05. The fourth-order valence-electron chi connectivity index (χ4n) is 2.10. The Balaban J connectivity index is 2.03. The summed E-state index contributed by atoms with van der Waals surface area (Å²) < 4.78 is 10.4. The quantitative estimate of drug-likeness (QED) is 0.651. The van der Waals surface area contributed by atoms with Crippen molar-refractivity contribution in [3.8, 4) is 11.5 Å². The molecule has 5 nitrogen and oxygen atoms in total. The molecule has 0 saturated heterocycles. The van der Waals surface area contributed by atoms with E-state index in [1.54, 1.807) is 56.7 Å². The number of Topliss-reactive ketones (excluding diaryl/α,β-unsaturated/α-hetero) is 1. The molecule has 1 amide bonds. The first-order chi connectivity index (χ1) is 11.5. The Hall–Kier alpha value is -3.08. The van der Waals surface area contributed by atoms with E-state index in [9.17, 15) is 9.59 Å². The van der Waals surface area contributed by atoms with Crippen LogP contribution in [0.3, 0.4) is 0 Å². The van der Waals surface area contributed by atoms with E-state index in [4.69, 9.17) is 9.47 Å². The van der Waals surface area contributed by atoms with Crippen LogP contribution in [0.4, 0.5) is 5.69 Å². The summed E-state index contributed by atoms with van der Waals surface area (Å²) in [6.07, 6.45) is 3.11. The number of carbonyl (C=O) groups is 2. The highest BCUT2D eigenvalue weighted by molar-refractivity contribution is 6.02. The van der Waals surface area contributed by atoms with Gasteiger partial charge in [0.05, 0.1) is 14.2 Å². The van der Waals surface area contributed by atoms with Gasteiger partial charge in [0.2, 0.25) is 5.91 Å². The summed E-state index contributed by atoms with van der Waals surface area (Å²) >= 11 is 0. The molecule has 5 heteroatoms.